The normalized spacial score (nSPS) is 14.4. The molecular weight excluding hydrogens is 418 g/mol. The van der Waals surface area contributed by atoms with Crippen molar-refractivity contribution in [3.63, 3.8) is 0 Å². The van der Waals surface area contributed by atoms with Gasteiger partial charge in [0.1, 0.15) is 25.0 Å². The molecule has 8 heteroatoms. The molecule has 4 rings (SSSR count). The number of nitrogens with one attached hydrogen (secondary N) is 1. The Labute approximate surface area is 194 Å². The summed E-state index contributed by atoms with van der Waals surface area (Å²) in [4.78, 5) is 18.8. The molecule has 0 spiro atoms. The van der Waals surface area contributed by atoms with E-state index in [1.807, 2.05) is 48.5 Å². The molecular formula is C25H31N5O3. The number of likely N-dealkylation sites (N-methyl/N-ethyl adjacent to an activating group) is 1. The Morgan fingerprint density at radius 3 is 2.76 bits per heavy atom. The van der Waals surface area contributed by atoms with E-state index in [4.69, 9.17) is 9.47 Å². The van der Waals surface area contributed by atoms with E-state index < -0.39 is 0 Å². The molecule has 3 aromatic rings. The highest BCUT2D eigenvalue weighted by Gasteiger charge is 2.18. The van der Waals surface area contributed by atoms with E-state index in [0.717, 1.165) is 49.5 Å². The highest BCUT2D eigenvalue weighted by Crippen LogP contribution is 2.15. The van der Waals surface area contributed by atoms with Crippen molar-refractivity contribution in [2.24, 2.45) is 0 Å². The van der Waals surface area contributed by atoms with Gasteiger partial charge in [0.15, 0.2) is 0 Å². The van der Waals surface area contributed by atoms with Crippen molar-refractivity contribution in [1.82, 2.24) is 25.0 Å². The number of hydrogen-bond donors (Lipinski definition) is 1. The molecule has 1 amide bonds. The molecule has 0 unspecified atom stereocenters. The van der Waals surface area contributed by atoms with E-state index in [1.165, 1.54) is 6.33 Å². The predicted molar refractivity (Wildman–Crippen MR) is 125 cm³/mol. The topological polar surface area (TPSA) is 81.5 Å². The van der Waals surface area contributed by atoms with Crippen molar-refractivity contribution in [2.75, 3.05) is 33.4 Å². The maximum Gasteiger partial charge on any atom is 0.251 e. The van der Waals surface area contributed by atoms with Crippen molar-refractivity contribution < 1.29 is 14.3 Å². The quantitative estimate of drug-likeness (QED) is 0.513. The monoisotopic (exact) mass is 449 g/mol. The van der Waals surface area contributed by atoms with Gasteiger partial charge in [0.05, 0.1) is 6.54 Å². The number of hydrogen-bond acceptors (Lipinski definition) is 6. The second-order valence-corrected chi connectivity index (χ2v) is 8.29. The van der Waals surface area contributed by atoms with Crippen LogP contribution in [0.1, 0.15) is 34.3 Å². The Morgan fingerprint density at radius 1 is 1.18 bits per heavy atom. The third-order valence-corrected chi connectivity index (χ3v) is 5.91. The van der Waals surface area contributed by atoms with E-state index in [2.05, 4.69) is 27.3 Å². The van der Waals surface area contributed by atoms with Gasteiger partial charge in [-0.2, -0.15) is 5.10 Å². The zero-order valence-corrected chi connectivity index (χ0v) is 19.0. The van der Waals surface area contributed by atoms with Gasteiger partial charge in [0.2, 0.25) is 0 Å². The van der Waals surface area contributed by atoms with Gasteiger partial charge < -0.3 is 14.8 Å². The highest BCUT2D eigenvalue weighted by molar-refractivity contribution is 5.94. The van der Waals surface area contributed by atoms with Gasteiger partial charge in [-0.3, -0.25) is 9.69 Å². The molecule has 1 aliphatic rings. The minimum Gasteiger partial charge on any atom is -0.492 e. The van der Waals surface area contributed by atoms with Crippen LogP contribution in [0.15, 0.2) is 61.2 Å². The second-order valence-electron chi connectivity index (χ2n) is 8.29. The lowest BCUT2D eigenvalue weighted by Gasteiger charge is -2.31. The van der Waals surface area contributed by atoms with Crippen molar-refractivity contribution in [3.05, 3.63) is 77.9 Å². The van der Waals surface area contributed by atoms with Gasteiger partial charge in [-0.05, 0) is 55.3 Å². The first-order chi connectivity index (χ1) is 16.2. The molecule has 1 aliphatic heterocycles. The summed E-state index contributed by atoms with van der Waals surface area (Å²) in [5.74, 6) is 0.714. The van der Waals surface area contributed by atoms with E-state index in [0.29, 0.717) is 31.3 Å². The second kappa shape index (κ2) is 11.6. The predicted octanol–water partition coefficient (Wildman–Crippen LogP) is 2.75. The third-order valence-electron chi connectivity index (χ3n) is 5.91. The number of ether oxygens (including phenoxy) is 2. The third kappa shape index (κ3) is 6.87. The van der Waals surface area contributed by atoms with Crippen LogP contribution in [0.3, 0.4) is 0 Å². The van der Waals surface area contributed by atoms with Crippen molar-refractivity contribution in [2.45, 2.75) is 32.0 Å². The number of carbonyl (C=O) groups is 1. The molecule has 0 aliphatic carbocycles. The van der Waals surface area contributed by atoms with Gasteiger partial charge in [0, 0.05) is 37.9 Å². The van der Waals surface area contributed by atoms with Crippen LogP contribution in [0.2, 0.25) is 0 Å². The molecule has 1 aromatic heterocycles. The first-order valence-corrected chi connectivity index (χ1v) is 11.4. The Kier molecular flexibility index (Phi) is 8.05. The van der Waals surface area contributed by atoms with Crippen LogP contribution >= 0.6 is 0 Å². The summed E-state index contributed by atoms with van der Waals surface area (Å²) >= 11 is 0. The van der Waals surface area contributed by atoms with Gasteiger partial charge in [-0.15, -0.1) is 0 Å². The fraction of sp³-hybridized carbons (Fsp3) is 0.400. The van der Waals surface area contributed by atoms with Crippen LogP contribution in [0.4, 0.5) is 0 Å². The van der Waals surface area contributed by atoms with Crippen LogP contribution in [0.5, 0.6) is 5.75 Å². The molecule has 1 fully saturated rings. The Bertz CT molecular complexity index is 1000. The van der Waals surface area contributed by atoms with E-state index >= 15 is 0 Å². The molecule has 1 saturated heterocycles. The number of amides is 1. The molecule has 2 heterocycles. The van der Waals surface area contributed by atoms with Crippen molar-refractivity contribution in [3.8, 4) is 5.75 Å². The SMILES string of the molecule is CN(CCOc1cccc(CNC(=O)c2ccc(Cn3cncn3)cc2)c1)C1CCOCC1. The fourth-order valence-corrected chi connectivity index (χ4v) is 3.91. The van der Waals surface area contributed by atoms with Crippen LogP contribution in [0.25, 0.3) is 0 Å². The Hall–Kier alpha value is -3.23. The number of aromatic nitrogens is 3. The first-order valence-electron chi connectivity index (χ1n) is 11.4. The molecule has 33 heavy (non-hydrogen) atoms. The van der Waals surface area contributed by atoms with Crippen LogP contribution in [-0.4, -0.2) is 65.0 Å². The van der Waals surface area contributed by atoms with Gasteiger partial charge in [-0.25, -0.2) is 9.67 Å². The molecule has 0 bridgehead atoms. The maximum absolute atomic E-state index is 12.5. The molecule has 1 N–H and O–H groups in total. The van der Waals surface area contributed by atoms with E-state index in [9.17, 15) is 4.79 Å². The summed E-state index contributed by atoms with van der Waals surface area (Å²) in [7, 11) is 2.15. The van der Waals surface area contributed by atoms with Gasteiger partial charge >= 0.3 is 0 Å². The molecule has 0 atom stereocenters. The largest absolute Gasteiger partial charge is 0.492 e. The van der Waals surface area contributed by atoms with Crippen LogP contribution in [-0.2, 0) is 17.8 Å². The van der Waals surface area contributed by atoms with Crippen LogP contribution < -0.4 is 10.1 Å². The van der Waals surface area contributed by atoms with Crippen molar-refractivity contribution >= 4 is 5.91 Å². The average molecular weight is 450 g/mol. The number of rotatable bonds is 10. The zero-order chi connectivity index (χ0) is 22.9. The Morgan fingerprint density at radius 2 is 2.00 bits per heavy atom. The lowest BCUT2D eigenvalue weighted by Crippen LogP contribution is -2.38. The fourth-order valence-electron chi connectivity index (χ4n) is 3.91. The lowest BCUT2D eigenvalue weighted by atomic mass is 10.1. The zero-order valence-electron chi connectivity index (χ0n) is 19.0. The summed E-state index contributed by atoms with van der Waals surface area (Å²) in [6, 6.07) is 16.0. The van der Waals surface area contributed by atoms with E-state index in [1.54, 1.807) is 11.0 Å². The molecule has 174 valence electrons. The molecule has 2 aromatic carbocycles. The van der Waals surface area contributed by atoms with E-state index in [-0.39, 0.29) is 5.91 Å². The molecule has 0 radical (unpaired) electrons. The molecule has 0 saturated carbocycles. The van der Waals surface area contributed by atoms with Crippen LogP contribution in [0, 0.1) is 0 Å². The lowest BCUT2D eigenvalue weighted by molar-refractivity contribution is 0.0392. The minimum atomic E-state index is -0.105. The summed E-state index contributed by atoms with van der Waals surface area (Å²) in [5, 5.41) is 7.08. The van der Waals surface area contributed by atoms with Crippen molar-refractivity contribution in [1.29, 1.82) is 0 Å². The van der Waals surface area contributed by atoms with Gasteiger partial charge in [-0.1, -0.05) is 24.3 Å². The number of nitrogens with zero attached hydrogens (tertiary/aromatic N) is 4. The maximum atomic E-state index is 12.5. The molecule has 8 nitrogen and oxygen atoms in total. The summed E-state index contributed by atoms with van der Waals surface area (Å²) < 4.78 is 13.1. The first kappa shape index (κ1) is 22.9. The smallest absolute Gasteiger partial charge is 0.251 e. The number of benzene rings is 2. The Balaban J connectivity index is 1.22. The van der Waals surface area contributed by atoms with Gasteiger partial charge in [0.25, 0.3) is 5.91 Å². The summed E-state index contributed by atoms with van der Waals surface area (Å²) in [6.07, 6.45) is 5.34. The average Bonchev–Trinajstić information content (AvgIpc) is 3.37. The number of carbonyl (C=O) groups excluding carboxylic acids is 1. The highest BCUT2D eigenvalue weighted by atomic mass is 16.5. The summed E-state index contributed by atoms with van der Waals surface area (Å²) in [6.45, 7) is 4.26. The minimum absolute atomic E-state index is 0.105. The summed E-state index contributed by atoms with van der Waals surface area (Å²) in [5.41, 5.74) is 2.69. The standard InChI is InChI=1S/C25H31N5O3/c1-29(23-9-12-32-13-10-23)11-14-33-24-4-2-3-21(15-24)16-27-25(31)22-7-5-20(6-8-22)17-30-19-26-18-28-30/h2-8,15,18-19,23H,9-14,16-17H2,1H3,(H,27,31).